The van der Waals surface area contributed by atoms with Gasteiger partial charge in [-0.05, 0) is 54.5 Å². The Kier molecular flexibility index (Phi) is 6.36. The van der Waals surface area contributed by atoms with Gasteiger partial charge in [0, 0.05) is 0 Å². The molecule has 4 amide bonds. The van der Waals surface area contributed by atoms with Gasteiger partial charge in [-0.15, -0.1) is 0 Å². The summed E-state index contributed by atoms with van der Waals surface area (Å²) < 4.78 is 16.2. The van der Waals surface area contributed by atoms with Crippen LogP contribution < -0.4 is 19.7 Å². The number of carboxylic acids is 1. The Morgan fingerprint density at radius 2 is 1.86 bits per heavy atom. The maximum Gasteiger partial charge on any atom is 0.371 e. The summed E-state index contributed by atoms with van der Waals surface area (Å²) in [6.07, 6.45) is 1.35. The second kappa shape index (κ2) is 9.56. The Hall–Kier alpha value is -4.86. The Morgan fingerprint density at radius 1 is 1.09 bits per heavy atom. The average Bonchev–Trinajstić information content (AvgIpc) is 3.31. The van der Waals surface area contributed by atoms with Gasteiger partial charge < -0.3 is 19.0 Å². The number of para-hydroxylation sites is 1. The fourth-order valence-corrected chi connectivity index (χ4v) is 3.47. The number of imide groups is 2. The van der Waals surface area contributed by atoms with Crippen LogP contribution in [0, 0.1) is 6.92 Å². The molecule has 35 heavy (non-hydrogen) atoms. The molecule has 1 aliphatic rings. The summed E-state index contributed by atoms with van der Waals surface area (Å²) in [6, 6.07) is 13.6. The van der Waals surface area contributed by atoms with E-state index in [2.05, 4.69) is 5.32 Å². The Balaban J connectivity index is 1.58. The number of carbonyl (C=O) groups is 4. The Morgan fingerprint density at radius 3 is 2.54 bits per heavy atom. The molecule has 1 aromatic heterocycles. The molecule has 178 valence electrons. The van der Waals surface area contributed by atoms with E-state index in [4.69, 9.17) is 19.0 Å². The van der Waals surface area contributed by atoms with Gasteiger partial charge in [0.1, 0.15) is 17.9 Å². The molecule has 0 aliphatic carbocycles. The van der Waals surface area contributed by atoms with Crippen molar-refractivity contribution in [3.05, 3.63) is 82.8 Å². The molecular formula is C25H20N2O8. The third-order valence-corrected chi connectivity index (χ3v) is 5.20. The second-order valence-corrected chi connectivity index (χ2v) is 7.51. The van der Waals surface area contributed by atoms with E-state index in [1.807, 2.05) is 0 Å². The highest BCUT2D eigenvalue weighted by Crippen LogP contribution is 2.31. The molecule has 0 spiro atoms. The number of aryl methyl sites for hydroxylation is 1. The molecule has 1 saturated heterocycles. The predicted molar refractivity (Wildman–Crippen MR) is 123 cm³/mol. The van der Waals surface area contributed by atoms with E-state index in [-0.39, 0.29) is 17.9 Å². The van der Waals surface area contributed by atoms with Crippen molar-refractivity contribution in [2.75, 3.05) is 12.0 Å². The quantitative estimate of drug-likeness (QED) is 0.390. The lowest BCUT2D eigenvalue weighted by Crippen LogP contribution is -2.54. The zero-order valence-electron chi connectivity index (χ0n) is 18.7. The van der Waals surface area contributed by atoms with Gasteiger partial charge in [-0.1, -0.05) is 24.3 Å². The molecule has 2 aromatic carbocycles. The van der Waals surface area contributed by atoms with Crippen molar-refractivity contribution in [3.63, 3.8) is 0 Å². The fourth-order valence-electron chi connectivity index (χ4n) is 3.47. The number of carbonyl (C=O) groups excluding carboxylic acids is 3. The van der Waals surface area contributed by atoms with Gasteiger partial charge in [-0.25, -0.2) is 14.5 Å². The summed E-state index contributed by atoms with van der Waals surface area (Å²) in [5.41, 5.74) is 1.30. The molecule has 2 heterocycles. The number of barbiturate groups is 1. The van der Waals surface area contributed by atoms with E-state index in [9.17, 15) is 19.2 Å². The summed E-state index contributed by atoms with van der Waals surface area (Å²) in [7, 11) is 1.42. The number of rotatable bonds is 7. The molecule has 10 heteroatoms. The van der Waals surface area contributed by atoms with Crippen molar-refractivity contribution in [1.29, 1.82) is 0 Å². The molecule has 1 fully saturated rings. The van der Waals surface area contributed by atoms with Crippen LogP contribution in [0.15, 0.2) is 64.6 Å². The smallest absolute Gasteiger partial charge is 0.371 e. The lowest BCUT2D eigenvalue weighted by molar-refractivity contribution is -0.122. The van der Waals surface area contributed by atoms with Crippen molar-refractivity contribution in [2.24, 2.45) is 0 Å². The summed E-state index contributed by atoms with van der Waals surface area (Å²) in [4.78, 5) is 49.8. The van der Waals surface area contributed by atoms with Crippen LogP contribution in [-0.2, 0) is 16.2 Å². The predicted octanol–water partition coefficient (Wildman–Crippen LogP) is 3.54. The van der Waals surface area contributed by atoms with E-state index in [0.717, 1.165) is 4.90 Å². The molecule has 1 aliphatic heterocycles. The maximum absolute atomic E-state index is 13.1. The van der Waals surface area contributed by atoms with E-state index < -0.39 is 23.8 Å². The van der Waals surface area contributed by atoms with Crippen LogP contribution in [0.25, 0.3) is 6.08 Å². The highest BCUT2D eigenvalue weighted by atomic mass is 16.5. The van der Waals surface area contributed by atoms with Crippen molar-refractivity contribution >= 4 is 35.6 Å². The molecule has 3 aromatic rings. The molecule has 10 nitrogen and oxygen atoms in total. The first-order valence-corrected chi connectivity index (χ1v) is 10.4. The molecule has 0 atom stereocenters. The van der Waals surface area contributed by atoms with E-state index in [1.165, 1.54) is 25.3 Å². The summed E-state index contributed by atoms with van der Waals surface area (Å²) in [5, 5.41) is 11.1. The minimum Gasteiger partial charge on any atom is -0.493 e. The number of benzene rings is 2. The number of hydrogen-bond acceptors (Lipinski definition) is 7. The zero-order chi connectivity index (χ0) is 25.1. The van der Waals surface area contributed by atoms with Crippen molar-refractivity contribution in [2.45, 2.75) is 13.5 Å². The lowest BCUT2D eigenvalue weighted by Gasteiger charge is -2.27. The van der Waals surface area contributed by atoms with Crippen LogP contribution in [0.5, 0.6) is 11.5 Å². The average molecular weight is 476 g/mol. The normalized spacial score (nSPS) is 14.7. The largest absolute Gasteiger partial charge is 0.493 e. The van der Waals surface area contributed by atoms with Gasteiger partial charge in [0.25, 0.3) is 11.8 Å². The summed E-state index contributed by atoms with van der Waals surface area (Å²) in [6.45, 7) is 1.71. The van der Waals surface area contributed by atoms with Crippen LogP contribution in [0.3, 0.4) is 0 Å². The molecule has 2 N–H and O–H groups in total. The molecule has 4 rings (SSSR count). The molecule has 0 radical (unpaired) electrons. The zero-order valence-corrected chi connectivity index (χ0v) is 18.7. The number of urea groups is 1. The first kappa shape index (κ1) is 23.3. The monoisotopic (exact) mass is 476 g/mol. The second-order valence-electron chi connectivity index (χ2n) is 7.51. The maximum atomic E-state index is 13.1. The molecule has 0 bridgehead atoms. The van der Waals surface area contributed by atoms with E-state index >= 15 is 0 Å². The van der Waals surface area contributed by atoms with Gasteiger partial charge in [0.05, 0.1) is 12.8 Å². The number of anilines is 1. The fraction of sp³-hybridized carbons (Fsp3) is 0.120. The third kappa shape index (κ3) is 4.76. The van der Waals surface area contributed by atoms with Crippen LogP contribution in [0.2, 0.25) is 0 Å². The van der Waals surface area contributed by atoms with Crippen molar-refractivity contribution < 1.29 is 38.2 Å². The van der Waals surface area contributed by atoms with Crippen LogP contribution >= 0.6 is 0 Å². The third-order valence-electron chi connectivity index (χ3n) is 5.20. The minimum atomic E-state index is -1.18. The molecule has 0 saturated carbocycles. The van der Waals surface area contributed by atoms with Gasteiger partial charge >= 0.3 is 12.0 Å². The number of furan rings is 1. The highest BCUT2D eigenvalue weighted by molar-refractivity contribution is 6.39. The number of ether oxygens (including phenoxy) is 2. The van der Waals surface area contributed by atoms with Gasteiger partial charge in [0.2, 0.25) is 5.76 Å². The number of carboxylic acid groups (broad SMARTS) is 1. The number of nitrogens with zero attached hydrogens (tertiary/aromatic N) is 1. The first-order valence-electron chi connectivity index (χ1n) is 10.4. The molecular weight excluding hydrogens is 456 g/mol. The SMILES string of the molecule is COc1cc(C=C2C(=O)NC(=O)N(c3ccccc3C)C2=O)ccc1OCc1ccc(C(=O)O)o1. The number of aromatic carboxylic acids is 1. The van der Waals surface area contributed by atoms with Crippen LogP contribution in [0.4, 0.5) is 10.5 Å². The summed E-state index contributed by atoms with van der Waals surface area (Å²) >= 11 is 0. The number of amides is 4. The van der Waals surface area contributed by atoms with Crippen LogP contribution in [0.1, 0.15) is 27.4 Å². The minimum absolute atomic E-state index is 0.0432. The van der Waals surface area contributed by atoms with E-state index in [1.54, 1.807) is 49.4 Å². The summed E-state index contributed by atoms with van der Waals surface area (Å²) in [5.74, 6) is -2.00. The van der Waals surface area contributed by atoms with Crippen molar-refractivity contribution in [3.8, 4) is 11.5 Å². The number of methoxy groups -OCH3 is 1. The van der Waals surface area contributed by atoms with Gasteiger partial charge in [0.15, 0.2) is 11.5 Å². The van der Waals surface area contributed by atoms with E-state index in [0.29, 0.717) is 34.1 Å². The lowest BCUT2D eigenvalue weighted by atomic mass is 10.1. The standard InChI is InChI=1S/C25H20N2O8/c1-14-5-3-4-6-18(14)27-23(29)17(22(28)26-25(27)32)11-15-7-9-19(21(12-15)33-2)34-13-16-8-10-20(35-16)24(30)31/h3-12H,13H2,1-2H3,(H,30,31)(H,26,28,32). The number of nitrogens with one attached hydrogen (secondary N) is 1. The van der Waals surface area contributed by atoms with Gasteiger partial charge in [-0.2, -0.15) is 0 Å². The first-order chi connectivity index (χ1) is 16.8. The highest BCUT2D eigenvalue weighted by Gasteiger charge is 2.37. The van der Waals surface area contributed by atoms with Gasteiger partial charge in [-0.3, -0.25) is 14.9 Å². The number of hydrogen-bond donors (Lipinski definition) is 2. The Bertz CT molecular complexity index is 1370. The molecule has 0 unspecified atom stereocenters. The topological polar surface area (TPSA) is 135 Å². The van der Waals surface area contributed by atoms with Crippen LogP contribution in [-0.4, -0.2) is 36.0 Å². The Labute approximate surface area is 199 Å². The van der Waals surface area contributed by atoms with Crippen molar-refractivity contribution in [1.82, 2.24) is 5.32 Å².